The van der Waals surface area contributed by atoms with E-state index in [-0.39, 0.29) is 28.7 Å². The van der Waals surface area contributed by atoms with Gasteiger partial charge in [-0.2, -0.15) is 4.31 Å². The number of sulfonamides is 1. The van der Waals surface area contributed by atoms with Crippen LogP contribution in [0.3, 0.4) is 0 Å². The number of benzene rings is 2. The van der Waals surface area contributed by atoms with Crippen molar-refractivity contribution in [1.29, 1.82) is 0 Å². The zero-order chi connectivity index (χ0) is 29.6. The molecule has 0 bridgehead atoms. The molecule has 0 saturated carbocycles. The minimum absolute atomic E-state index is 0.0239. The van der Waals surface area contributed by atoms with Crippen molar-refractivity contribution in [2.75, 3.05) is 37.7 Å². The van der Waals surface area contributed by atoms with E-state index in [2.05, 4.69) is 0 Å². The Morgan fingerprint density at radius 1 is 1.02 bits per heavy atom. The van der Waals surface area contributed by atoms with E-state index in [0.29, 0.717) is 50.3 Å². The lowest BCUT2D eigenvalue weighted by atomic mass is 9.81. The van der Waals surface area contributed by atoms with Crippen LogP contribution in [0.5, 0.6) is 0 Å². The molecule has 0 aromatic heterocycles. The number of aliphatic hydroxyl groups is 1. The van der Waals surface area contributed by atoms with Crippen LogP contribution in [-0.2, 0) is 34.7 Å². The van der Waals surface area contributed by atoms with Gasteiger partial charge in [-0.1, -0.05) is 31.5 Å². The normalized spacial score (nSPS) is 25.7. The maximum atomic E-state index is 14.6. The number of carbonyl (C=O) groups excluding carboxylic acids is 3. The highest BCUT2D eigenvalue weighted by molar-refractivity contribution is 7.89. The Hall–Kier alpha value is -3.54. The third kappa shape index (κ3) is 4.28. The van der Waals surface area contributed by atoms with Crippen molar-refractivity contribution in [2.45, 2.75) is 62.0 Å². The van der Waals surface area contributed by atoms with Crippen molar-refractivity contribution < 1.29 is 32.6 Å². The number of aliphatic hydroxyl groups excluding tert-OH is 1. The summed E-state index contributed by atoms with van der Waals surface area (Å²) in [5, 5.41) is 11.7. The molecule has 3 fully saturated rings. The number of amides is 2. The van der Waals surface area contributed by atoms with Crippen LogP contribution in [-0.4, -0.2) is 79.2 Å². The third-order valence-electron chi connectivity index (χ3n) is 8.79. The molecule has 0 aliphatic carbocycles. The smallest absolute Gasteiger partial charge is 0.296 e. The molecule has 2 aromatic rings. The van der Waals surface area contributed by atoms with Gasteiger partial charge in [-0.15, -0.1) is 0 Å². The van der Waals surface area contributed by atoms with Crippen LogP contribution >= 0.6 is 0 Å². The zero-order valence-corrected chi connectivity index (χ0v) is 24.4. The van der Waals surface area contributed by atoms with Crippen molar-refractivity contribution in [3.63, 3.8) is 0 Å². The molecule has 4 aliphatic heterocycles. The highest BCUT2D eigenvalue weighted by atomic mass is 32.2. The van der Waals surface area contributed by atoms with Crippen molar-refractivity contribution in [3.05, 3.63) is 65.2 Å². The lowest BCUT2D eigenvalue weighted by Crippen LogP contribution is -2.54. The minimum atomic E-state index is -3.70. The van der Waals surface area contributed by atoms with Gasteiger partial charge in [-0.25, -0.2) is 8.42 Å². The van der Waals surface area contributed by atoms with Crippen molar-refractivity contribution in [2.24, 2.45) is 0 Å². The SMILES string of the molecule is CCCCN1C(=O)C2(/C(=C(/O)c3ccc(S(=O)(=O)N4CCCC4)cc3)C(=O)C(=O)N2CC2CCCO2)c2ccccc21. The summed E-state index contributed by atoms with van der Waals surface area (Å²) in [7, 11) is -3.70. The predicted molar refractivity (Wildman–Crippen MR) is 155 cm³/mol. The second kappa shape index (κ2) is 10.9. The number of hydrogen-bond donors (Lipinski definition) is 1. The van der Waals surface area contributed by atoms with Gasteiger partial charge in [0.1, 0.15) is 5.76 Å². The number of rotatable bonds is 8. The molecule has 2 aromatic carbocycles. The van der Waals surface area contributed by atoms with E-state index in [0.717, 1.165) is 25.7 Å². The highest BCUT2D eigenvalue weighted by Gasteiger charge is 2.67. The van der Waals surface area contributed by atoms with Crippen LogP contribution in [0.15, 0.2) is 59.0 Å². The van der Waals surface area contributed by atoms with E-state index in [9.17, 15) is 27.9 Å². The number of Topliss-reactive ketones (excluding diaryl/α,β-unsaturated/α-hetero) is 1. The predicted octanol–water partition coefficient (Wildman–Crippen LogP) is 3.37. The standard InChI is InChI=1S/C31H35N3O7S/c1-2-3-18-33-25-11-5-4-10-24(25)31(30(33)38)26(28(36)29(37)34(31)20-22-9-8-19-41-22)27(35)21-12-14-23(15-13-21)42(39,40)32-16-6-7-17-32/h4-5,10-15,22,35H,2-3,6-9,16-20H2,1H3/b27-26+. The Kier molecular flexibility index (Phi) is 7.44. The number of unbranched alkanes of at least 4 members (excludes halogenated alkanes) is 1. The topological polar surface area (TPSA) is 125 Å². The number of likely N-dealkylation sites (tertiary alicyclic amines) is 1. The summed E-state index contributed by atoms with van der Waals surface area (Å²) in [6.45, 7) is 3.86. The van der Waals surface area contributed by atoms with Gasteiger partial charge in [-0.3, -0.25) is 14.4 Å². The second-order valence-electron chi connectivity index (χ2n) is 11.3. The summed E-state index contributed by atoms with van der Waals surface area (Å²) in [5.74, 6) is -2.82. The molecule has 11 heteroatoms. The van der Waals surface area contributed by atoms with E-state index < -0.39 is 38.9 Å². The fourth-order valence-corrected chi connectivity index (χ4v) is 8.17. The van der Waals surface area contributed by atoms with Gasteiger partial charge < -0.3 is 19.6 Å². The van der Waals surface area contributed by atoms with Crippen LogP contribution in [0.2, 0.25) is 0 Å². The van der Waals surface area contributed by atoms with Crippen LogP contribution in [0.4, 0.5) is 5.69 Å². The van der Waals surface area contributed by atoms with Crippen LogP contribution in [0, 0.1) is 0 Å². The van der Waals surface area contributed by atoms with Gasteiger partial charge in [0.15, 0.2) is 5.54 Å². The minimum Gasteiger partial charge on any atom is -0.507 e. The monoisotopic (exact) mass is 593 g/mol. The summed E-state index contributed by atoms with van der Waals surface area (Å²) in [6, 6.07) is 12.7. The number of ketones is 1. The summed E-state index contributed by atoms with van der Waals surface area (Å²) in [6.07, 6.45) is 4.28. The highest BCUT2D eigenvalue weighted by Crippen LogP contribution is 2.54. The first-order chi connectivity index (χ1) is 20.2. The molecular formula is C31H35N3O7S. The van der Waals surface area contributed by atoms with E-state index in [1.165, 1.54) is 33.5 Å². The Morgan fingerprint density at radius 2 is 1.74 bits per heavy atom. The Labute approximate surface area is 245 Å². The Morgan fingerprint density at radius 3 is 2.40 bits per heavy atom. The van der Waals surface area contributed by atoms with Crippen molar-refractivity contribution in [3.8, 4) is 0 Å². The van der Waals surface area contributed by atoms with Crippen molar-refractivity contribution in [1.82, 2.24) is 9.21 Å². The lowest BCUT2D eigenvalue weighted by molar-refractivity contribution is -0.145. The number of fused-ring (bicyclic) bond motifs is 2. The maximum absolute atomic E-state index is 14.6. The molecule has 1 spiro atoms. The third-order valence-corrected chi connectivity index (χ3v) is 10.7. The molecule has 4 heterocycles. The van der Waals surface area contributed by atoms with E-state index in [1.807, 2.05) is 6.92 Å². The average molecular weight is 594 g/mol. The molecular weight excluding hydrogens is 558 g/mol. The van der Waals surface area contributed by atoms with Gasteiger partial charge >= 0.3 is 0 Å². The van der Waals surface area contributed by atoms with Gasteiger partial charge in [0.05, 0.1) is 22.3 Å². The summed E-state index contributed by atoms with van der Waals surface area (Å²) >= 11 is 0. The molecule has 2 atom stereocenters. The largest absolute Gasteiger partial charge is 0.507 e. The van der Waals surface area contributed by atoms with Gasteiger partial charge in [0.25, 0.3) is 17.6 Å². The molecule has 6 rings (SSSR count). The Bertz CT molecular complexity index is 1560. The first-order valence-corrected chi connectivity index (χ1v) is 16.1. The second-order valence-corrected chi connectivity index (χ2v) is 13.2. The molecule has 3 saturated heterocycles. The summed E-state index contributed by atoms with van der Waals surface area (Å²) in [4.78, 5) is 45.1. The molecule has 42 heavy (non-hydrogen) atoms. The van der Waals surface area contributed by atoms with Gasteiger partial charge in [0.2, 0.25) is 10.0 Å². The van der Waals surface area contributed by atoms with E-state index >= 15 is 0 Å². The first-order valence-electron chi connectivity index (χ1n) is 14.7. The van der Waals surface area contributed by atoms with Crippen LogP contribution in [0.1, 0.15) is 56.6 Å². The number of carbonyl (C=O) groups is 3. The average Bonchev–Trinajstić information content (AvgIpc) is 3.79. The van der Waals surface area contributed by atoms with Crippen molar-refractivity contribution >= 4 is 39.1 Å². The molecule has 1 N–H and O–H groups in total. The molecule has 2 unspecified atom stereocenters. The quantitative estimate of drug-likeness (QED) is 0.283. The number of para-hydroxylation sites is 1. The van der Waals surface area contributed by atoms with Crippen LogP contribution in [0.25, 0.3) is 5.76 Å². The van der Waals surface area contributed by atoms with E-state index in [4.69, 9.17) is 4.74 Å². The number of ether oxygens (including phenoxy) is 1. The van der Waals surface area contributed by atoms with E-state index in [1.54, 1.807) is 29.2 Å². The molecule has 0 radical (unpaired) electrons. The lowest BCUT2D eigenvalue weighted by Gasteiger charge is -2.35. The van der Waals surface area contributed by atoms with Gasteiger partial charge in [0, 0.05) is 43.9 Å². The maximum Gasteiger partial charge on any atom is 0.296 e. The summed E-state index contributed by atoms with van der Waals surface area (Å²) in [5.41, 5.74) is -0.986. The molecule has 222 valence electrons. The Balaban J connectivity index is 1.51. The molecule has 10 nitrogen and oxygen atoms in total. The number of hydrogen-bond acceptors (Lipinski definition) is 7. The van der Waals surface area contributed by atoms with Crippen LogP contribution < -0.4 is 4.90 Å². The first kappa shape index (κ1) is 28.6. The fourth-order valence-electron chi connectivity index (χ4n) is 6.65. The molecule has 4 aliphatic rings. The number of nitrogens with zero attached hydrogens (tertiary/aromatic N) is 3. The number of anilines is 1. The zero-order valence-electron chi connectivity index (χ0n) is 23.6. The fraction of sp³-hybridized carbons (Fsp3) is 0.452. The summed E-state index contributed by atoms with van der Waals surface area (Å²) < 4.78 is 33.4. The molecule has 2 amide bonds. The van der Waals surface area contributed by atoms with Gasteiger partial charge in [-0.05, 0) is 62.4 Å².